The summed E-state index contributed by atoms with van der Waals surface area (Å²) in [7, 11) is -2.33. The molecule has 5 rings (SSSR count). The third-order valence-corrected chi connectivity index (χ3v) is 12.4. The number of alkyl halides is 3. The summed E-state index contributed by atoms with van der Waals surface area (Å²) in [5, 5.41) is 4.80. The molecule has 0 radical (unpaired) electrons. The predicted octanol–water partition coefficient (Wildman–Crippen LogP) is 5.56. The van der Waals surface area contributed by atoms with Crippen LogP contribution in [0.3, 0.4) is 0 Å². The van der Waals surface area contributed by atoms with Crippen LogP contribution in [0.25, 0.3) is 10.6 Å². The van der Waals surface area contributed by atoms with E-state index in [1.165, 1.54) is 28.4 Å². The minimum absolute atomic E-state index is 0.0808. The molecule has 12 nitrogen and oxygen atoms in total. The fraction of sp³-hybridized carbons (Fsp3) is 0.514. The van der Waals surface area contributed by atoms with Crippen LogP contribution in [0.5, 0.6) is 0 Å². The van der Waals surface area contributed by atoms with Crippen molar-refractivity contribution in [3.8, 4) is 10.6 Å². The van der Waals surface area contributed by atoms with Crippen molar-refractivity contribution in [2.24, 2.45) is 17.8 Å². The number of carbonyl (C=O) groups is 4. The highest BCUT2D eigenvalue weighted by molar-refractivity contribution is 7.91. The number of halogens is 3. The molecule has 17 heteroatoms. The highest BCUT2D eigenvalue weighted by atomic mass is 32.2. The van der Waals surface area contributed by atoms with Gasteiger partial charge < -0.3 is 15.0 Å². The summed E-state index contributed by atoms with van der Waals surface area (Å²) in [4.78, 5) is 60.8. The van der Waals surface area contributed by atoms with Crippen LogP contribution in [0.1, 0.15) is 61.8 Å². The first kappa shape index (κ1) is 39.0. The monoisotopic (exact) mass is 765 g/mol. The Hall–Kier alpha value is -4.25. The summed E-state index contributed by atoms with van der Waals surface area (Å²) in [6, 6.07) is 2.88. The van der Waals surface area contributed by atoms with Crippen LogP contribution < -0.4 is 15.4 Å². The topological polar surface area (TPSA) is 164 Å². The SMILES string of the molecule is C=CCCCCN(C)C(=O)C1CC(OC(=O)Nc2cc(C(F)(F)F)ccc2-c2ncc(C)s2)CC1C(=O)NC1(C(=O)NS(=O)(=O)C2CC2)CC1C=C. The lowest BCUT2D eigenvalue weighted by atomic mass is 9.93. The number of amides is 4. The lowest BCUT2D eigenvalue weighted by Gasteiger charge is -2.26. The minimum atomic E-state index is -4.70. The van der Waals surface area contributed by atoms with Crippen LogP contribution in [0.4, 0.5) is 23.7 Å². The zero-order valence-electron chi connectivity index (χ0n) is 28.8. The maximum atomic E-state index is 13.9. The van der Waals surface area contributed by atoms with Crippen LogP contribution >= 0.6 is 11.3 Å². The number of sulfonamides is 1. The average Bonchev–Trinajstić information content (AvgIpc) is 3.98. The van der Waals surface area contributed by atoms with Crippen LogP contribution in [-0.2, 0) is 35.3 Å². The largest absolute Gasteiger partial charge is 0.446 e. The molecule has 3 saturated carbocycles. The Balaban J connectivity index is 1.35. The molecule has 0 bridgehead atoms. The lowest BCUT2D eigenvalue weighted by molar-refractivity contribution is -0.140. The van der Waals surface area contributed by atoms with Gasteiger partial charge in [-0.1, -0.05) is 12.2 Å². The number of nitrogens with zero attached hydrogens (tertiary/aromatic N) is 2. The number of unbranched alkanes of at least 4 members (excludes halogenated alkanes) is 2. The number of ether oxygens (including phenoxy) is 1. The van der Waals surface area contributed by atoms with Crippen LogP contribution in [0, 0.1) is 24.7 Å². The normalized spacial score (nSPS) is 24.0. The molecule has 1 aromatic heterocycles. The van der Waals surface area contributed by atoms with E-state index in [-0.39, 0.29) is 30.5 Å². The van der Waals surface area contributed by atoms with Gasteiger partial charge in [0, 0.05) is 36.1 Å². The van der Waals surface area contributed by atoms with Gasteiger partial charge >= 0.3 is 12.3 Å². The van der Waals surface area contributed by atoms with Crippen LogP contribution in [-0.4, -0.2) is 72.6 Å². The molecule has 5 atom stereocenters. The number of nitrogens with one attached hydrogen (secondary N) is 3. The van der Waals surface area contributed by atoms with Gasteiger partial charge in [0.15, 0.2) is 0 Å². The molecular weight excluding hydrogens is 724 g/mol. The van der Waals surface area contributed by atoms with Crippen molar-refractivity contribution in [1.29, 1.82) is 0 Å². The van der Waals surface area contributed by atoms with E-state index in [0.717, 1.165) is 29.9 Å². The van der Waals surface area contributed by atoms with Crippen molar-refractivity contribution in [3.63, 3.8) is 0 Å². The number of aryl methyl sites for hydroxylation is 1. The Morgan fingerprint density at radius 1 is 1.13 bits per heavy atom. The summed E-state index contributed by atoms with van der Waals surface area (Å²) in [6.07, 6.45) is 0.888. The second kappa shape index (κ2) is 15.4. The minimum Gasteiger partial charge on any atom is -0.446 e. The van der Waals surface area contributed by atoms with Gasteiger partial charge in [-0.15, -0.1) is 24.5 Å². The first-order valence-corrected chi connectivity index (χ1v) is 19.3. The van der Waals surface area contributed by atoms with Gasteiger partial charge in [-0.3, -0.25) is 24.4 Å². The van der Waals surface area contributed by atoms with Gasteiger partial charge in [0.25, 0.3) is 5.91 Å². The number of thiazole rings is 1. The van der Waals surface area contributed by atoms with Crippen molar-refractivity contribution in [2.75, 3.05) is 18.9 Å². The van der Waals surface area contributed by atoms with E-state index < -0.39 is 80.2 Å². The number of allylic oxidation sites excluding steroid dienone is 1. The summed E-state index contributed by atoms with van der Waals surface area (Å²) >= 11 is 1.22. The number of hydrogen-bond donors (Lipinski definition) is 3. The molecule has 3 aliphatic carbocycles. The maximum absolute atomic E-state index is 13.9. The van der Waals surface area contributed by atoms with E-state index in [1.54, 1.807) is 26.2 Å². The van der Waals surface area contributed by atoms with Gasteiger partial charge in [-0.2, -0.15) is 13.2 Å². The number of aromatic nitrogens is 1. The van der Waals surface area contributed by atoms with E-state index in [2.05, 4.69) is 33.5 Å². The first-order valence-electron chi connectivity index (χ1n) is 17.0. The Morgan fingerprint density at radius 2 is 1.85 bits per heavy atom. The highest BCUT2D eigenvalue weighted by Crippen LogP contribution is 2.46. The second-order valence-electron chi connectivity index (χ2n) is 13.6. The van der Waals surface area contributed by atoms with Crippen molar-refractivity contribution >= 4 is 50.9 Å². The van der Waals surface area contributed by atoms with Crippen molar-refractivity contribution in [1.82, 2.24) is 19.9 Å². The molecule has 1 aromatic carbocycles. The van der Waals surface area contributed by atoms with Crippen molar-refractivity contribution in [2.45, 2.75) is 81.4 Å². The van der Waals surface area contributed by atoms with Crippen LogP contribution in [0.15, 0.2) is 49.7 Å². The Kier molecular flexibility index (Phi) is 11.5. The standard InChI is InChI=1S/C35H42F3N5O7S2/c1-5-7-8-9-14-43(4)31(45)27-17-23(16-26(27)29(44)41-34(18-21(34)6-2)32(46)42-52(48,49)24-11-12-24)50-33(47)40-28-15-22(35(36,37)38)10-13-25(28)30-39-19-20(3)51-30/h5-6,10,13,15,19,21,23-24,26-27H,1-2,7-9,11-12,14,16-18H2,3-4H3,(H,40,47)(H,41,44)(H,42,46). The molecule has 282 valence electrons. The van der Waals surface area contributed by atoms with E-state index in [9.17, 15) is 40.8 Å². The molecule has 1 heterocycles. The number of rotatable bonds is 15. The van der Waals surface area contributed by atoms with Gasteiger partial charge in [0.2, 0.25) is 21.8 Å². The zero-order chi connectivity index (χ0) is 38.0. The van der Waals surface area contributed by atoms with Crippen LogP contribution in [0.2, 0.25) is 0 Å². The summed E-state index contributed by atoms with van der Waals surface area (Å²) in [5.41, 5.74) is -2.53. The third-order valence-electron chi connectivity index (χ3n) is 9.66. The molecule has 2 aromatic rings. The van der Waals surface area contributed by atoms with Crippen molar-refractivity contribution < 1.29 is 45.5 Å². The molecule has 3 N–H and O–H groups in total. The maximum Gasteiger partial charge on any atom is 0.416 e. The molecule has 3 aliphatic rings. The third kappa shape index (κ3) is 8.85. The van der Waals surface area contributed by atoms with Gasteiger partial charge in [0.1, 0.15) is 16.7 Å². The van der Waals surface area contributed by atoms with E-state index in [1.807, 2.05) is 0 Å². The summed E-state index contributed by atoms with van der Waals surface area (Å²) < 4.78 is 73.8. The molecule has 4 amide bonds. The fourth-order valence-corrected chi connectivity index (χ4v) is 8.66. The highest BCUT2D eigenvalue weighted by Gasteiger charge is 2.62. The van der Waals surface area contributed by atoms with E-state index in [4.69, 9.17) is 4.74 Å². The lowest BCUT2D eigenvalue weighted by Crippen LogP contribution is -2.54. The van der Waals surface area contributed by atoms with E-state index in [0.29, 0.717) is 30.8 Å². The summed E-state index contributed by atoms with van der Waals surface area (Å²) in [6.45, 7) is 9.56. The quantitative estimate of drug-likeness (QED) is 0.157. The summed E-state index contributed by atoms with van der Waals surface area (Å²) in [5.74, 6) is -4.62. The molecule has 3 fully saturated rings. The molecule has 0 aliphatic heterocycles. The number of anilines is 1. The predicted molar refractivity (Wildman–Crippen MR) is 188 cm³/mol. The second-order valence-corrected chi connectivity index (χ2v) is 16.8. The van der Waals surface area contributed by atoms with Gasteiger partial charge in [-0.05, 0) is 76.5 Å². The molecule has 5 unspecified atom stereocenters. The van der Waals surface area contributed by atoms with Gasteiger partial charge in [0.05, 0.1) is 28.3 Å². The molecule has 52 heavy (non-hydrogen) atoms. The molecule has 0 saturated heterocycles. The average molecular weight is 766 g/mol. The number of benzene rings is 1. The number of hydrogen-bond acceptors (Lipinski definition) is 9. The smallest absolute Gasteiger partial charge is 0.416 e. The number of carbonyl (C=O) groups excluding carboxylic acids is 4. The Labute approximate surface area is 304 Å². The Morgan fingerprint density at radius 3 is 2.44 bits per heavy atom. The zero-order valence-corrected chi connectivity index (χ0v) is 30.5. The van der Waals surface area contributed by atoms with E-state index >= 15 is 0 Å². The molecular formula is C35H42F3N5O7S2. The van der Waals surface area contributed by atoms with Gasteiger partial charge in [-0.25, -0.2) is 18.2 Å². The molecule has 0 spiro atoms. The van der Waals surface area contributed by atoms with Crippen molar-refractivity contribution in [3.05, 3.63) is 60.1 Å². The first-order chi connectivity index (χ1) is 24.5. The Bertz CT molecular complexity index is 1850. The fourth-order valence-electron chi connectivity index (χ4n) is 6.49.